The van der Waals surface area contributed by atoms with Gasteiger partial charge in [0.2, 0.25) is 0 Å². The summed E-state index contributed by atoms with van der Waals surface area (Å²) in [7, 11) is 0. The molecule has 1 aromatic rings. The zero-order chi connectivity index (χ0) is 10.9. The molecule has 0 saturated carbocycles. The van der Waals surface area contributed by atoms with Crippen LogP contribution in [0.3, 0.4) is 0 Å². The number of nitrogens with zero attached hydrogens (tertiary/aromatic N) is 1. The third kappa shape index (κ3) is 3.32. The van der Waals surface area contributed by atoms with Gasteiger partial charge < -0.3 is 4.55 Å². The summed E-state index contributed by atoms with van der Waals surface area (Å²) < 4.78 is 34.1. The molecule has 5 nitrogen and oxygen atoms in total. The summed E-state index contributed by atoms with van der Waals surface area (Å²) in [4.78, 5) is 8.86. The molecule has 0 aromatic heterocycles. The summed E-state index contributed by atoms with van der Waals surface area (Å²) >= 11 is -2.81. The van der Waals surface area contributed by atoms with Crippen molar-refractivity contribution in [1.29, 1.82) is 0 Å². The van der Waals surface area contributed by atoms with Gasteiger partial charge in [0, 0.05) is 12.1 Å². The van der Waals surface area contributed by atoms with Gasteiger partial charge in [-0.3, -0.25) is 14.3 Å². The standard InChI is InChI=1S/C7H6FNO4S.Na/c1-4-2-5(9(10)11)3-6(7(4)8)14(12)13;/h2-3H,1H3,(H,12,13);/q;+1/p-1. The Morgan fingerprint density at radius 2 is 2.00 bits per heavy atom. The van der Waals surface area contributed by atoms with E-state index in [9.17, 15) is 23.3 Å². The maximum Gasteiger partial charge on any atom is 1.00 e. The number of halogens is 1. The van der Waals surface area contributed by atoms with Crippen molar-refractivity contribution in [2.45, 2.75) is 11.8 Å². The molecule has 1 atom stereocenters. The number of nitro groups is 1. The van der Waals surface area contributed by atoms with Crippen LogP contribution in [0.2, 0.25) is 0 Å². The van der Waals surface area contributed by atoms with Gasteiger partial charge in [-0.05, 0) is 23.6 Å². The van der Waals surface area contributed by atoms with Gasteiger partial charge in [0.15, 0.2) is 0 Å². The molecule has 1 rings (SSSR count). The normalized spacial score (nSPS) is 11.7. The zero-order valence-electron chi connectivity index (χ0n) is 8.02. The van der Waals surface area contributed by atoms with Crippen LogP contribution in [0.5, 0.6) is 0 Å². The molecule has 0 aliphatic carbocycles. The molecular weight excluding hydrogens is 236 g/mol. The van der Waals surface area contributed by atoms with Crippen LogP contribution >= 0.6 is 0 Å². The predicted octanol–water partition coefficient (Wildman–Crippen LogP) is -1.72. The van der Waals surface area contributed by atoms with E-state index in [-0.39, 0.29) is 35.1 Å². The van der Waals surface area contributed by atoms with Crippen molar-refractivity contribution in [3.63, 3.8) is 0 Å². The van der Waals surface area contributed by atoms with Gasteiger partial charge in [-0.2, -0.15) is 0 Å². The summed E-state index contributed by atoms with van der Waals surface area (Å²) in [5.41, 5.74) is -0.512. The Kier molecular flexibility index (Phi) is 5.54. The van der Waals surface area contributed by atoms with Crippen LogP contribution in [0.25, 0.3) is 0 Å². The fourth-order valence-electron chi connectivity index (χ4n) is 0.946. The molecule has 0 spiro atoms. The van der Waals surface area contributed by atoms with E-state index in [4.69, 9.17) is 0 Å². The Morgan fingerprint density at radius 3 is 2.40 bits per heavy atom. The van der Waals surface area contributed by atoms with Gasteiger partial charge in [-0.15, -0.1) is 0 Å². The van der Waals surface area contributed by atoms with Crippen LogP contribution in [0.15, 0.2) is 17.0 Å². The monoisotopic (exact) mass is 241 g/mol. The third-order valence-corrected chi connectivity index (χ3v) is 2.25. The Morgan fingerprint density at radius 1 is 1.47 bits per heavy atom. The molecule has 0 heterocycles. The van der Waals surface area contributed by atoms with E-state index in [1.54, 1.807) is 0 Å². The Hall–Kier alpha value is -0.340. The van der Waals surface area contributed by atoms with E-state index in [0.29, 0.717) is 6.07 Å². The Balaban J connectivity index is 0.00000196. The van der Waals surface area contributed by atoms with E-state index in [1.807, 2.05) is 0 Å². The smallest absolute Gasteiger partial charge is 0.768 e. The van der Waals surface area contributed by atoms with Crippen molar-refractivity contribution in [2.75, 3.05) is 0 Å². The quantitative estimate of drug-likeness (QED) is 0.267. The summed E-state index contributed by atoms with van der Waals surface area (Å²) in [6.07, 6.45) is 0. The van der Waals surface area contributed by atoms with Crippen LogP contribution in [0, 0.1) is 22.9 Å². The topological polar surface area (TPSA) is 83.3 Å². The fourth-order valence-corrected chi connectivity index (χ4v) is 1.47. The van der Waals surface area contributed by atoms with Crippen LogP contribution in [-0.2, 0) is 11.1 Å². The molecule has 0 bridgehead atoms. The SMILES string of the molecule is Cc1cc([N+](=O)[O-])cc(S(=O)[O-])c1F.[Na+]. The largest absolute Gasteiger partial charge is 1.00 e. The molecule has 0 aliphatic rings. The van der Waals surface area contributed by atoms with E-state index in [0.717, 1.165) is 6.07 Å². The molecule has 1 aromatic carbocycles. The van der Waals surface area contributed by atoms with Gasteiger partial charge in [-0.1, -0.05) is 0 Å². The van der Waals surface area contributed by atoms with Crippen molar-refractivity contribution >= 4 is 16.8 Å². The van der Waals surface area contributed by atoms with Crippen molar-refractivity contribution in [2.24, 2.45) is 0 Å². The number of rotatable bonds is 2. The molecule has 76 valence electrons. The average molecular weight is 241 g/mol. The summed E-state index contributed by atoms with van der Waals surface area (Å²) in [5.74, 6) is -0.955. The summed E-state index contributed by atoms with van der Waals surface area (Å²) in [5, 5.41) is 10.3. The molecule has 0 amide bonds. The molecule has 1 unspecified atom stereocenters. The molecule has 0 saturated heterocycles. The van der Waals surface area contributed by atoms with E-state index in [1.165, 1.54) is 6.92 Å². The molecule has 0 aliphatic heterocycles. The van der Waals surface area contributed by atoms with Gasteiger partial charge in [0.05, 0.1) is 9.82 Å². The average Bonchev–Trinajstić information content (AvgIpc) is 2.08. The van der Waals surface area contributed by atoms with Crippen LogP contribution in [0.4, 0.5) is 10.1 Å². The minimum Gasteiger partial charge on any atom is -0.768 e. The van der Waals surface area contributed by atoms with Gasteiger partial charge in [-0.25, -0.2) is 4.39 Å². The minimum atomic E-state index is -2.81. The minimum absolute atomic E-state index is 0. The first kappa shape index (κ1) is 14.7. The fraction of sp³-hybridized carbons (Fsp3) is 0.143. The first-order valence-electron chi connectivity index (χ1n) is 3.47. The van der Waals surface area contributed by atoms with Crippen molar-refractivity contribution < 1.29 is 47.6 Å². The van der Waals surface area contributed by atoms with Gasteiger partial charge in [0.25, 0.3) is 5.69 Å². The van der Waals surface area contributed by atoms with Crippen LogP contribution in [-0.4, -0.2) is 13.7 Å². The molecule has 8 heteroatoms. The number of benzene rings is 1. The number of hydrogen-bond donors (Lipinski definition) is 0. The van der Waals surface area contributed by atoms with Crippen molar-refractivity contribution in [1.82, 2.24) is 0 Å². The first-order chi connectivity index (χ1) is 6.43. The third-order valence-electron chi connectivity index (χ3n) is 1.60. The van der Waals surface area contributed by atoms with Crippen LogP contribution in [0.1, 0.15) is 5.56 Å². The maximum absolute atomic E-state index is 13.1. The van der Waals surface area contributed by atoms with Crippen molar-refractivity contribution in [3.8, 4) is 0 Å². The number of non-ortho nitro benzene ring substituents is 1. The second kappa shape index (κ2) is 5.66. The van der Waals surface area contributed by atoms with Gasteiger partial charge in [0.1, 0.15) is 5.82 Å². The Labute approximate surface area is 109 Å². The summed E-state index contributed by atoms with van der Waals surface area (Å²) in [6.45, 7) is 1.26. The number of nitro benzene ring substituents is 1. The zero-order valence-corrected chi connectivity index (χ0v) is 10.8. The molecular formula is C7H5FNNaO4S. The molecule has 0 fully saturated rings. The van der Waals surface area contributed by atoms with E-state index < -0.39 is 32.4 Å². The second-order valence-electron chi connectivity index (χ2n) is 2.57. The number of hydrogen-bond acceptors (Lipinski definition) is 4. The van der Waals surface area contributed by atoms with E-state index >= 15 is 0 Å². The number of aryl methyl sites for hydroxylation is 1. The van der Waals surface area contributed by atoms with Crippen molar-refractivity contribution in [3.05, 3.63) is 33.6 Å². The molecule has 0 N–H and O–H groups in total. The summed E-state index contributed by atoms with van der Waals surface area (Å²) in [6, 6.07) is 1.66. The maximum atomic E-state index is 13.1. The molecule has 0 radical (unpaired) electrons. The first-order valence-corrected chi connectivity index (χ1v) is 4.54. The van der Waals surface area contributed by atoms with Gasteiger partial charge >= 0.3 is 29.6 Å². The van der Waals surface area contributed by atoms with E-state index in [2.05, 4.69) is 0 Å². The second-order valence-corrected chi connectivity index (χ2v) is 3.48. The predicted molar refractivity (Wildman–Crippen MR) is 45.0 cm³/mol. The Bertz CT molecular complexity index is 426. The molecule has 15 heavy (non-hydrogen) atoms. The van der Waals surface area contributed by atoms with Crippen LogP contribution < -0.4 is 29.6 Å².